The van der Waals surface area contributed by atoms with Crippen molar-refractivity contribution in [2.45, 2.75) is 71.3 Å². The summed E-state index contributed by atoms with van der Waals surface area (Å²) in [5.74, 6) is 2.80. The van der Waals surface area contributed by atoms with Crippen molar-refractivity contribution in [1.29, 1.82) is 0 Å². The summed E-state index contributed by atoms with van der Waals surface area (Å²) < 4.78 is 3.53. The van der Waals surface area contributed by atoms with Crippen LogP contribution >= 0.6 is 15.9 Å². The summed E-state index contributed by atoms with van der Waals surface area (Å²) in [6, 6.07) is 0.616. The zero-order valence-electron chi connectivity index (χ0n) is 13.4. The zero-order valence-corrected chi connectivity index (χ0v) is 15.0. The highest BCUT2D eigenvalue weighted by atomic mass is 79.9. The van der Waals surface area contributed by atoms with Crippen LogP contribution < -0.4 is 5.32 Å². The zero-order chi connectivity index (χ0) is 14.8. The number of anilines is 1. The predicted molar refractivity (Wildman–Crippen MR) is 91.8 cm³/mol. The molecule has 1 aromatic heterocycles. The molecule has 4 heteroatoms. The van der Waals surface area contributed by atoms with Gasteiger partial charge in [-0.15, -0.1) is 0 Å². The fourth-order valence-electron chi connectivity index (χ4n) is 3.86. The predicted octanol–water partition coefficient (Wildman–Crippen LogP) is 5.17. The molecule has 1 aliphatic heterocycles. The van der Waals surface area contributed by atoms with E-state index in [1.807, 2.05) is 0 Å². The Kier molecular flexibility index (Phi) is 4.92. The first-order valence-electron chi connectivity index (χ1n) is 8.67. The van der Waals surface area contributed by atoms with Crippen LogP contribution in [0, 0.1) is 11.8 Å². The SMILES string of the molecule is CC(C)CCc1nn2c(c1Br)NCCC2C1CCCCC1. The molecule has 2 aliphatic rings. The molecular formula is C17H28BrN3. The van der Waals surface area contributed by atoms with Crippen molar-refractivity contribution >= 4 is 21.7 Å². The van der Waals surface area contributed by atoms with Gasteiger partial charge in [0.2, 0.25) is 0 Å². The summed E-state index contributed by atoms with van der Waals surface area (Å²) in [4.78, 5) is 0. The van der Waals surface area contributed by atoms with Crippen molar-refractivity contribution in [2.75, 3.05) is 11.9 Å². The Morgan fingerprint density at radius 1 is 1.24 bits per heavy atom. The molecule has 0 bridgehead atoms. The quantitative estimate of drug-likeness (QED) is 0.808. The van der Waals surface area contributed by atoms with Gasteiger partial charge in [-0.25, -0.2) is 4.68 Å². The summed E-state index contributed by atoms with van der Waals surface area (Å²) in [5.41, 5.74) is 1.24. The topological polar surface area (TPSA) is 29.9 Å². The van der Waals surface area contributed by atoms with E-state index in [1.165, 1.54) is 60.9 Å². The third-order valence-corrected chi connectivity index (χ3v) is 5.95. The molecule has 1 N–H and O–H groups in total. The fourth-order valence-corrected chi connectivity index (χ4v) is 4.46. The van der Waals surface area contributed by atoms with E-state index in [1.54, 1.807) is 0 Å². The number of hydrogen-bond donors (Lipinski definition) is 1. The smallest absolute Gasteiger partial charge is 0.139 e. The third-order valence-electron chi connectivity index (χ3n) is 5.12. The average Bonchev–Trinajstić information content (AvgIpc) is 2.83. The molecule has 0 saturated heterocycles. The maximum atomic E-state index is 4.99. The molecule has 3 nitrogen and oxygen atoms in total. The number of hydrogen-bond acceptors (Lipinski definition) is 2. The second kappa shape index (κ2) is 6.72. The van der Waals surface area contributed by atoms with Crippen LogP contribution in [0.5, 0.6) is 0 Å². The highest BCUT2D eigenvalue weighted by molar-refractivity contribution is 9.10. The van der Waals surface area contributed by atoms with Crippen LogP contribution in [0.3, 0.4) is 0 Å². The number of aromatic nitrogens is 2. The van der Waals surface area contributed by atoms with E-state index in [0.29, 0.717) is 6.04 Å². The van der Waals surface area contributed by atoms with E-state index in [-0.39, 0.29) is 0 Å². The Labute approximate surface area is 137 Å². The Balaban J connectivity index is 1.81. The van der Waals surface area contributed by atoms with E-state index in [0.717, 1.165) is 24.8 Å². The average molecular weight is 354 g/mol. The van der Waals surface area contributed by atoms with Crippen LogP contribution in [0.4, 0.5) is 5.82 Å². The van der Waals surface area contributed by atoms with E-state index >= 15 is 0 Å². The second-order valence-electron chi connectivity index (χ2n) is 7.17. The van der Waals surface area contributed by atoms with Gasteiger partial charge in [0, 0.05) is 6.54 Å². The molecule has 0 spiro atoms. The first kappa shape index (κ1) is 15.4. The van der Waals surface area contributed by atoms with Gasteiger partial charge in [0.05, 0.1) is 16.2 Å². The highest BCUT2D eigenvalue weighted by Gasteiger charge is 2.31. The molecule has 21 heavy (non-hydrogen) atoms. The summed E-state index contributed by atoms with van der Waals surface area (Å²) in [6.45, 7) is 5.66. The van der Waals surface area contributed by atoms with E-state index in [9.17, 15) is 0 Å². The third kappa shape index (κ3) is 3.30. The van der Waals surface area contributed by atoms with Gasteiger partial charge in [-0.3, -0.25) is 0 Å². The minimum atomic E-state index is 0.616. The Morgan fingerprint density at radius 3 is 2.71 bits per heavy atom. The minimum Gasteiger partial charge on any atom is -0.369 e. The number of rotatable bonds is 4. The maximum Gasteiger partial charge on any atom is 0.139 e. The van der Waals surface area contributed by atoms with Crippen LogP contribution in [0.2, 0.25) is 0 Å². The molecular weight excluding hydrogens is 326 g/mol. The van der Waals surface area contributed by atoms with Gasteiger partial charge >= 0.3 is 0 Å². The van der Waals surface area contributed by atoms with Crippen molar-refractivity contribution in [3.8, 4) is 0 Å². The summed E-state index contributed by atoms with van der Waals surface area (Å²) in [5, 5.41) is 8.55. The fraction of sp³-hybridized carbons (Fsp3) is 0.824. The molecule has 1 fully saturated rings. The Hall–Kier alpha value is -0.510. The molecule has 1 atom stereocenters. The monoisotopic (exact) mass is 353 g/mol. The van der Waals surface area contributed by atoms with E-state index < -0.39 is 0 Å². The van der Waals surface area contributed by atoms with E-state index in [4.69, 9.17) is 5.10 Å². The summed E-state index contributed by atoms with van der Waals surface area (Å²) in [6.07, 6.45) is 10.6. The molecule has 1 aliphatic carbocycles. The van der Waals surface area contributed by atoms with Crippen molar-refractivity contribution in [3.05, 3.63) is 10.2 Å². The summed E-state index contributed by atoms with van der Waals surface area (Å²) >= 11 is 3.79. The van der Waals surface area contributed by atoms with Crippen molar-refractivity contribution in [1.82, 2.24) is 9.78 Å². The lowest BCUT2D eigenvalue weighted by Crippen LogP contribution is -2.30. The first-order chi connectivity index (χ1) is 10.2. The van der Waals surface area contributed by atoms with Crippen LogP contribution in [0.1, 0.15) is 70.5 Å². The van der Waals surface area contributed by atoms with Gasteiger partial charge in [-0.2, -0.15) is 5.10 Å². The standard InChI is InChI=1S/C17H28BrN3/c1-12(2)8-9-14-16(18)17-19-11-10-15(21(17)20-14)13-6-4-3-5-7-13/h12-13,15,19H,3-11H2,1-2H3. The van der Waals surface area contributed by atoms with Crippen molar-refractivity contribution in [3.63, 3.8) is 0 Å². The number of fused-ring (bicyclic) bond motifs is 1. The number of halogens is 1. The number of aryl methyl sites for hydroxylation is 1. The molecule has 1 aromatic rings. The normalized spacial score (nSPS) is 23.1. The Bertz CT molecular complexity index is 475. The molecule has 1 unspecified atom stereocenters. The number of nitrogens with one attached hydrogen (secondary N) is 1. The van der Waals surface area contributed by atoms with Gasteiger partial charge in [0.25, 0.3) is 0 Å². The van der Waals surface area contributed by atoms with Gasteiger partial charge in [-0.05, 0) is 59.9 Å². The minimum absolute atomic E-state index is 0.616. The van der Waals surface area contributed by atoms with Crippen LogP contribution in [-0.2, 0) is 6.42 Å². The van der Waals surface area contributed by atoms with Gasteiger partial charge in [0.15, 0.2) is 0 Å². The largest absolute Gasteiger partial charge is 0.369 e. The van der Waals surface area contributed by atoms with Gasteiger partial charge in [0.1, 0.15) is 5.82 Å². The molecule has 2 heterocycles. The van der Waals surface area contributed by atoms with E-state index in [2.05, 4.69) is 39.8 Å². The highest BCUT2D eigenvalue weighted by Crippen LogP contribution is 2.41. The molecule has 118 valence electrons. The van der Waals surface area contributed by atoms with Crippen LogP contribution in [0.15, 0.2) is 4.47 Å². The van der Waals surface area contributed by atoms with Crippen LogP contribution in [-0.4, -0.2) is 16.3 Å². The number of nitrogens with zero attached hydrogens (tertiary/aromatic N) is 2. The molecule has 0 radical (unpaired) electrons. The lowest BCUT2D eigenvalue weighted by molar-refractivity contribution is 0.221. The Morgan fingerprint density at radius 2 is 2.00 bits per heavy atom. The van der Waals surface area contributed by atoms with Crippen LogP contribution in [0.25, 0.3) is 0 Å². The second-order valence-corrected chi connectivity index (χ2v) is 7.96. The lowest BCUT2D eigenvalue weighted by atomic mass is 9.82. The van der Waals surface area contributed by atoms with Gasteiger partial charge < -0.3 is 5.32 Å². The molecule has 0 aromatic carbocycles. The summed E-state index contributed by atoms with van der Waals surface area (Å²) in [7, 11) is 0. The maximum absolute atomic E-state index is 4.99. The van der Waals surface area contributed by atoms with Crippen molar-refractivity contribution < 1.29 is 0 Å². The van der Waals surface area contributed by atoms with Crippen molar-refractivity contribution in [2.24, 2.45) is 11.8 Å². The molecule has 3 rings (SSSR count). The molecule has 0 amide bonds. The van der Waals surface area contributed by atoms with Gasteiger partial charge in [-0.1, -0.05) is 33.1 Å². The lowest BCUT2D eigenvalue weighted by Gasteiger charge is -2.34. The first-order valence-corrected chi connectivity index (χ1v) is 9.47. The molecule has 1 saturated carbocycles.